The van der Waals surface area contributed by atoms with Gasteiger partial charge in [0.05, 0.1) is 11.8 Å². The molecule has 7 heteroatoms. The number of nitrogens with zero attached hydrogens (tertiary/aromatic N) is 4. The van der Waals surface area contributed by atoms with Crippen LogP contribution in [0.4, 0.5) is 5.82 Å². The van der Waals surface area contributed by atoms with E-state index in [0.717, 1.165) is 35.9 Å². The molecular weight excluding hydrogens is 380 g/mol. The molecule has 3 heterocycles. The molecule has 0 atom stereocenters. The summed E-state index contributed by atoms with van der Waals surface area (Å²) in [7, 11) is 0. The van der Waals surface area contributed by atoms with Crippen LogP contribution in [-0.4, -0.2) is 47.0 Å². The summed E-state index contributed by atoms with van der Waals surface area (Å²) in [6.07, 6.45) is 3.14. The van der Waals surface area contributed by atoms with Crippen molar-refractivity contribution in [2.45, 2.75) is 27.4 Å². The van der Waals surface area contributed by atoms with Crippen molar-refractivity contribution in [1.82, 2.24) is 14.9 Å². The van der Waals surface area contributed by atoms with E-state index in [1.807, 2.05) is 49.9 Å². The van der Waals surface area contributed by atoms with Crippen molar-refractivity contribution >= 4 is 11.7 Å². The summed E-state index contributed by atoms with van der Waals surface area (Å²) in [5, 5.41) is 0. The van der Waals surface area contributed by atoms with Crippen molar-refractivity contribution in [3.63, 3.8) is 0 Å². The zero-order valence-corrected chi connectivity index (χ0v) is 17.6. The van der Waals surface area contributed by atoms with E-state index >= 15 is 0 Å². The van der Waals surface area contributed by atoms with Gasteiger partial charge in [-0.05, 0) is 39.0 Å². The molecule has 0 spiro atoms. The Morgan fingerprint density at radius 2 is 1.77 bits per heavy atom. The number of aromatic nitrogens is 2. The van der Waals surface area contributed by atoms with Crippen LogP contribution in [0.15, 0.2) is 47.3 Å². The average Bonchev–Trinajstić information content (AvgIpc) is 3.23. The molecule has 1 fully saturated rings. The number of anilines is 1. The van der Waals surface area contributed by atoms with Crippen LogP contribution in [0.1, 0.15) is 32.9 Å². The van der Waals surface area contributed by atoms with Crippen LogP contribution in [0.3, 0.4) is 0 Å². The van der Waals surface area contributed by atoms with E-state index in [1.165, 1.54) is 5.56 Å². The molecule has 3 aromatic rings. The third-order valence-electron chi connectivity index (χ3n) is 5.54. The van der Waals surface area contributed by atoms with Crippen molar-refractivity contribution in [3.8, 4) is 5.75 Å². The standard InChI is InChI=1S/C23H26N4O3/c1-16-4-6-19(7-5-16)30-14-21-20(8-13-29-21)23(28)27-11-9-26(10-12-27)22-17(2)18(3)24-15-25-22/h4-8,13,15H,9-12,14H2,1-3H3. The monoisotopic (exact) mass is 406 g/mol. The van der Waals surface area contributed by atoms with Crippen molar-refractivity contribution in [3.05, 3.63) is 71.1 Å². The van der Waals surface area contributed by atoms with Gasteiger partial charge in [0.1, 0.15) is 24.5 Å². The highest BCUT2D eigenvalue weighted by atomic mass is 16.5. The van der Waals surface area contributed by atoms with Crippen molar-refractivity contribution in [2.75, 3.05) is 31.1 Å². The number of carbonyl (C=O) groups excluding carboxylic acids is 1. The highest BCUT2D eigenvalue weighted by molar-refractivity contribution is 5.95. The van der Waals surface area contributed by atoms with E-state index < -0.39 is 0 Å². The molecule has 0 saturated carbocycles. The van der Waals surface area contributed by atoms with Crippen molar-refractivity contribution in [1.29, 1.82) is 0 Å². The number of hydrogen-bond donors (Lipinski definition) is 0. The first-order valence-electron chi connectivity index (χ1n) is 10.1. The number of ether oxygens (including phenoxy) is 1. The zero-order chi connectivity index (χ0) is 21.1. The smallest absolute Gasteiger partial charge is 0.257 e. The molecule has 1 amide bonds. The van der Waals surface area contributed by atoms with Crippen LogP contribution in [-0.2, 0) is 6.61 Å². The van der Waals surface area contributed by atoms with Crippen molar-refractivity contribution < 1.29 is 13.9 Å². The third-order valence-corrected chi connectivity index (χ3v) is 5.54. The molecular formula is C23H26N4O3. The number of aryl methyl sites for hydroxylation is 2. The number of carbonyl (C=O) groups is 1. The van der Waals surface area contributed by atoms with Crippen LogP contribution >= 0.6 is 0 Å². The SMILES string of the molecule is Cc1ccc(OCc2occc2C(=O)N2CCN(c3ncnc(C)c3C)CC2)cc1. The second kappa shape index (κ2) is 8.57. The molecule has 0 aliphatic carbocycles. The molecule has 1 aromatic carbocycles. The summed E-state index contributed by atoms with van der Waals surface area (Å²) in [6.45, 7) is 8.99. The van der Waals surface area contributed by atoms with Gasteiger partial charge in [0.2, 0.25) is 0 Å². The quantitative estimate of drug-likeness (QED) is 0.645. The molecule has 1 saturated heterocycles. The highest BCUT2D eigenvalue weighted by Crippen LogP contribution is 2.22. The van der Waals surface area contributed by atoms with Crippen LogP contribution in [0.2, 0.25) is 0 Å². The number of furan rings is 1. The first-order valence-corrected chi connectivity index (χ1v) is 10.1. The number of amides is 1. The van der Waals surface area contributed by atoms with Gasteiger partial charge < -0.3 is 19.0 Å². The van der Waals surface area contributed by atoms with E-state index in [9.17, 15) is 4.79 Å². The Balaban J connectivity index is 1.38. The minimum absolute atomic E-state index is 0.0264. The number of rotatable bonds is 5. The van der Waals surface area contributed by atoms with E-state index in [4.69, 9.17) is 9.15 Å². The summed E-state index contributed by atoms with van der Waals surface area (Å²) in [4.78, 5) is 25.8. The first-order chi connectivity index (χ1) is 14.5. The number of piperazine rings is 1. The van der Waals surface area contributed by atoms with Gasteiger partial charge in [0, 0.05) is 37.4 Å². The van der Waals surface area contributed by atoms with Gasteiger partial charge in [-0.25, -0.2) is 9.97 Å². The van der Waals surface area contributed by atoms with Gasteiger partial charge in [-0.15, -0.1) is 0 Å². The fourth-order valence-electron chi connectivity index (χ4n) is 3.56. The predicted octanol–water partition coefficient (Wildman–Crippen LogP) is 3.54. The Morgan fingerprint density at radius 1 is 1.03 bits per heavy atom. The van der Waals surface area contributed by atoms with Gasteiger partial charge in [-0.3, -0.25) is 4.79 Å². The molecule has 0 radical (unpaired) electrons. The van der Waals surface area contributed by atoms with E-state index in [0.29, 0.717) is 24.4 Å². The highest BCUT2D eigenvalue weighted by Gasteiger charge is 2.26. The van der Waals surface area contributed by atoms with E-state index in [-0.39, 0.29) is 12.5 Å². The molecule has 2 aromatic heterocycles. The Morgan fingerprint density at radius 3 is 2.50 bits per heavy atom. The predicted molar refractivity (Wildman–Crippen MR) is 114 cm³/mol. The van der Waals surface area contributed by atoms with Gasteiger partial charge in [-0.2, -0.15) is 0 Å². The van der Waals surface area contributed by atoms with Crippen LogP contribution in [0.25, 0.3) is 0 Å². The van der Waals surface area contributed by atoms with Gasteiger partial charge in [-0.1, -0.05) is 17.7 Å². The lowest BCUT2D eigenvalue weighted by Crippen LogP contribution is -2.49. The third kappa shape index (κ3) is 4.15. The molecule has 0 bridgehead atoms. The Hall–Kier alpha value is -3.35. The summed E-state index contributed by atoms with van der Waals surface area (Å²) in [6, 6.07) is 9.53. The normalized spacial score (nSPS) is 14.1. The van der Waals surface area contributed by atoms with Gasteiger partial charge >= 0.3 is 0 Å². The molecule has 4 rings (SSSR count). The van der Waals surface area contributed by atoms with Crippen molar-refractivity contribution in [2.24, 2.45) is 0 Å². The minimum atomic E-state index is -0.0264. The summed E-state index contributed by atoms with van der Waals surface area (Å²) in [5.41, 5.74) is 3.80. The summed E-state index contributed by atoms with van der Waals surface area (Å²) >= 11 is 0. The fraction of sp³-hybridized carbons (Fsp3) is 0.348. The Labute approximate surface area is 176 Å². The molecule has 0 N–H and O–H groups in total. The van der Waals surface area contributed by atoms with Crippen LogP contribution in [0, 0.1) is 20.8 Å². The molecule has 0 unspecified atom stereocenters. The lowest BCUT2D eigenvalue weighted by Gasteiger charge is -2.36. The van der Waals surface area contributed by atoms with Crippen LogP contribution < -0.4 is 9.64 Å². The second-order valence-corrected chi connectivity index (χ2v) is 7.55. The molecule has 30 heavy (non-hydrogen) atoms. The summed E-state index contributed by atoms with van der Waals surface area (Å²) in [5.74, 6) is 2.22. The van der Waals surface area contributed by atoms with E-state index in [1.54, 1.807) is 18.7 Å². The maximum Gasteiger partial charge on any atom is 0.257 e. The topological polar surface area (TPSA) is 71.7 Å². The maximum atomic E-state index is 13.1. The molecule has 156 valence electrons. The Bertz CT molecular complexity index is 1020. The largest absolute Gasteiger partial charge is 0.486 e. The molecule has 1 aliphatic rings. The average molecular weight is 406 g/mol. The fourth-order valence-corrected chi connectivity index (χ4v) is 3.56. The summed E-state index contributed by atoms with van der Waals surface area (Å²) < 4.78 is 11.3. The molecule has 7 nitrogen and oxygen atoms in total. The lowest BCUT2D eigenvalue weighted by atomic mass is 10.2. The first kappa shape index (κ1) is 19.9. The van der Waals surface area contributed by atoms with Gasteiger partial charge in [0.25, 0.3) is 5.91 Å². The van der Waals surface area contributed by atoms with E-state index in [2.05, 4.69) is 14.9 Å². The number of benzene rings is 1. The van der Waals surface area contributed by atoms with Crippen LogP contribution in [0.5, 0.6) is 5.75 Å². The number of hydrogen-bond acceptors (Lipinski definition) is 6. The zero-order valence-electron chi connectivity index (χ0n) is 17.6. The molecule has 1 aliphatic heterocycles. The second-order valence-electron chi connectivity index (χ2n) is 7.55. The maximum absolute atomic E-state index is 13.1. The van der Waals surface area contributed by atoms with Gasteiger partial charge in [0.15, 0.2) is 5.76 Å². The Kier molecular flexibility index (Phi) is 5.70. The minimum Gasteiger partial charge on any atom is -0.486 e. The lowest BCUT2D eigenvalue weighted by molar-refractivity contribution is 0.0741.